The number of fused-ring (bicyclic) bond motifs is 8. The zero-order valence-corrected chi connectivity index (χ0v) is 35.1. The maximum atomic E-state index is 14.0. The van der Waals surface area contributed by atoms with Crippen LogP contribution in [0.5, 0.6) is 23.0 Å². The van der Waals surface area contributed by atoms with Crippen molar-refractivity contribution in [3.8, 4) is 23.0 Å². The van der Waals surface area contributed by atoms with E-state index in [2.05, 4.69) is 5.32 Å². The SMILES string of the molecule is C[PH](=O)c1ccc2c(c1)C1(OC2=O)c2cc(CCC(=O)NCCCCCCO)c(OC(=O)C(C)(C)C)c(Cl)c2Oc2cc(OC(=O)C(C)(C)C)c3ccccc3c21. The lowest BCUT2D eigenvalue weighted by Crippen LogP contribution is -2.34. The molecule has 0 radical (unpaired) electrons. The van der Waals surface area contributed by atoms with Gasteiger partial charge in [-0.05, 0) is 96.6 Å². The van der Waals surface area contributed by atoms with Crippen LogP contribution in [0.15, 0.2) is 54.6 Å². The molecule has 1 amide bonds. The number of halogens is 1. The minimum Gasteiger partial charge on any atom is -0.455 e. The standard InChI is InChI=1S/C44H49ClNO10P/c1-42(2,3)40(50)54-32-24-33-35(28-15-11-10-14-27(28)32)44(30-23-26(57(7)52)17-18-29(30)39(49)56-44)31-22-25(16-19-34(48)46-20-12-8-9-13-21-47)37(36(45)38(31)53-33)55-41(51)43(4,5)6/h10-11,14-15,17-18,22-24,47,57H,8-9,12-13,16,19-21H2,1-7H3,(H,46,48). The van der Waals surface area contributed by atoms with E-state index >= 15 is 0 Å². The Morgan fingerprint density at radius 2 is 1.54 bits per heavy atom. The Labute approximate surface area is 338 Å². The molecule has 11 nitrogen and oxygen atoms in total. The molecule has 0 fully saturated rings. The van der Waals surface area contributed by atoms with Crippen LogP contribution in [0.25, 0.3) is 10.8 Å². The number of carbonyl (C=O) groups is 4. The van der Waals surface area contributed by atoms with Gasteiger partial charge in [-0.15, -0.1) is 0 Å². The van der Waals surface area contributed by atoms with Crippen LogP contribution < -0.4 is 24.8 Å². The molecule has 2 aliphatic heterocycles. The Bertz CT molecular complexity index is 2310. The molecule has 0 bridgehead atoms. The molecule has 302 valence electrons. The molecule has 6 rings (SSSR count). The molecule has 13 heteroatoms. The van der Waals surface area contributed by atoms with Crippen LogP contribution in [-0.2, 0) is 35.7 Å². The van der Waals surface area contributed by atoms with Gasteiger partial charge in [0, 0.05) is 47.5 Å². The Morgan fingerprint density at radius 3 is 2.21 bits per heavy atom. The van der Waals surface area contributed by atoms with Crippen molar-refractivity contribution in [3.05, 3.63) is 87.4 Å². The largest absolute Gasteiger partial charge is 0.455 e. The van der Waals surface area contributed by atoms with E-state index in [0.717, 1.165) is 19.3 Å². The van der Waals surface area contributed by atoms with Crippen molar-refractivity contribution in [1.29, 1.82) is 0 Å². The summed E-state index contributed by atoms with van der Waals surface area (Å²) >= 11 is 7.27. The molecule has 2 heterocycles. The molecule has 0 aliphatic carbocycles. The molecule has 2 atom stereocenters. The van der Waals surface area contributed by atoms with E-state index in [0.29, 0.717) is 51.3 Å². The van der Waals surface area contributed by atoms with E-state index in [4.69, 9.17) is 35.7 Å². The zero-order chi connectivity index (χ0) is 41.4. The molecule has 0 saturated carbocycles. The van der Waals surface area contributed by atoms with Crippen LogP contribution >= 0.6 is 19.4 Å². The molecule has 2 N–H and O–H groups in total. The number of unbranched alkanes of at least 4 members (excludes halogenated alkanes) is 3. The fourth-order valence-corrected chi connectivity index (χ4v) is 7.90. The van der Waals surface area contributed by atoms with Crippen LogP contribution in [-0.4, -0.2) is 48.7 Å². The van der Waals surface area contributed by atoms with Gasteiger partial charge in [0.2, 0.25) is 5.91 Å². The van der Waals surface area contributed by atoms with Gasteiger partial charge in [-0.1, -0.05) is 54.8 Å². The third kappa shape index (κ3) is 8.20. The van der Waals surface area contributed by atoms with Crippen molar-refractivity contribution in [2.24, 2.45) is 10.8 Å². The van der Waals surface area contributed by atoms with Crippen molar-refractivity contribution in [2.45, 2.75) is 85.7 Å². The van der Waals surface area contributed by atoms with Gasteiger partial charge in [0.15, 0.2) is 17.1 Å². The van der Waals surface area contributed by atoms with Crippen LogP contribution in [0, 0.1) is 10.8 Å². The van der Waals surface area contributed by atoms with Crippen LogP contribution in [0.3, 0.4) is 0 Å². The first-order valence-electron chi connectivity index (χ1n) is 19.2. The number of carbonyl (C=O) groups excluding carboxylic acids is 4. The van der Waals surface area contributed by atoms with Gasteiger partial charge in [-0.25, -0.2) is 4.79 Å². The summed E-state index contributed by atoms with van der Waals surface area (Å²) < 4.78 is 38.3. The minimum atomic E-state index is -2.26. The summed E-state index contributed by atoms with van der Waals surface area (Å²) in [6.45, 7) is 12.5. The second-order valence-electron chi connectivity index (χ2n) is 16.6. The fourth-order valence-electron chi connectivity index (χ4n) is 6.94. The Balaban J connectivity index is 1.59. The van der Waals surface area contributed by atoms with Gasteiger partial charge in [0.05, 0.1) is 22.0 Å². The quantitative estimate of drug-likeness (QED) is 0.0617. The zero-order valence-electron chi connectivity index (χ0n) is 33.4. The van der Waals surface area contributed by atoms with Crippen molar-refractivity contribution >= 4 is 59.3 Å². The third-order valence-electron chi connectivity index (χ3n) is 10.1. The van der Waals surface area contributed by atoms with E-state index in [-0.39, 0.29) is 58.9 Å². The second-order valence-corrected chi connectivity index (χ2v) is 18.7. The number of ether oxygens (including phenoxy) is 4. The fraction of sp³-hybridized carbons (Fsp3) is 0.409. The molecule has 0 aromatic heterocycles. The second kappa shape index (κ2) is 16.3. The van der Waals surface area contributed by atoms with Gasteiger partial charge >= 0.3 is 17.9 Å². The molecule has 2 unspecified atom stereocenters. The number of aryl methyl sites for hydroxylation is 1. The summed E-state index contributed by atoms with van der Waals surface area (Å²) in [7, 11) is -2.26. The predicted octanol–water partition coefficient (Wildman–Crippen LogP) is 8.38. The monoisotopic (exact) mass is 817 g/mol. The highest BCUT2D eigenvalue weighted by molar-refractivity contribution is 7.52. The average Bonchev–Trinajstić information content (AvgIpc) is 3.44. The summed E-state index contributed by atoms with van der Waals surface area (Å²) in [6, 6.07) is 15.4. The normalized spacial score (nSPS) is 16.3. The number of benzene rings is 4. The van der Waals surface area contributed by atoms with E-state index in [9.17, 15) is 23.7 Å². The highest BCUT2D eigenvalue weighted by Crippen LogP contribution is 2.62. The van der Waals surface area contributed by atoms with Gasteiger partial charge in [-0.3, -0.25) is 14.4 Å². The maximum absolute atomic E-state index is 14.0. The minimum absolute atomic E-state index is 0.0113. The predicted molar refractivity (Wildman–Crippen MR) is 219 cm³/mol. The first-order valence-corrected chi connectivity index (χ1v) is 21.5. The van der Waals surface area contributed by atoms with Gasteiger partial charge in [-0.2, -0.15) is 0 Å². The summed E-state index contributed by atoms with van der Waals surface area (Å²) in [5.41, 5.74) is -1.75. The van der Waals surface area contributed by atoms with Crippen molar-refractivity contribution in [3.63, 3.8) is 0 Å². The molecular weight excluding hydrogens is 769 g/mol. The molecule has 2 aliphatic rings. The third-order valence-corrected chi connectivity index (χ3v) is 11.6. The van der Waals surface area contributed by atoms with Crippen molar-refractivity contribution in [2.75, 3.05) is 19.8 Å². The number of rotatable bonds is 12. The smallest absolute Gasteiger partial charge is 0.340 e. The van der Waals surface area contributed by atoms with Crippen LogP contribution in [0.1, 0.15) is 106 Å². The molecule has 0 saturated heterocycles. The molecule has 57 heavy (non-hydrogen) atoms. The van der Waals surface area contributed by atoms with Gasteiger partial charge < -0.3 is 33.9 Å². The highest BCUT2D eigenvalue weighted by atomic mass is 35.5. The maximum Gasteiger partial charge on any atom is 0.340 e. The van der Waals surface area contributed by atoms with E-state index in [1.807, 2.05) is 6.07 Å². The van der Waals surface area contributed by atoms with Gasteiger partial charge in [0.25, 0.3) is 0 Å². The number of esters is 3. The average molecular weight is 818 g/mol. The summed E-state index contributed by atoms with van der Waals surface area (Å²) in [4.78, 5) is 53.9. The molecular formula is C44H49ClNO10P. The highest BCUT2D eigenvalue weighted by Gasteiger charge is 2.56. The summed E-state index contributed by atoms with van der Waals surface area (Å²) in [5, 5.41) is 13.5. The number of aliphatic hydroxyl groups is 1. The lowest BCUT2D eigenvalue weighted by molar-refractivity contribution is -0.143. The summed E-state index contributed by atoms with van der Waals surface area (Å²) in [5.74, 6) is -1.56. The van der Waals surface area contributed by atoms with E-state index in [1.165, 1.54) is 0 Å². The first kappa shape index (κ1) is 41.9. The number of hydrogen-bond acceptors (Lipinski definition) is 10. The summed E-state index contributed by atoms with van der Waals surface area (Å²) in [6.07, 6.45) is 3.29. The van der Waals surface area contributed by atoms with E-state index < -0.39 is 42.1 Å². The topological polar surface area (TPSA) is 155 Å². The van der Waals surface area contributed by atoms with Crippen LogP contribution in [0.2, 0.25) is 5.02 Å². The lowest BCUT2D eigenvalue weighted by Gasteiger charge is -2.39. The molecule has 4 aromatic carbocycles. The molecule has 4 aromatic rings. The Kier molecular flexibility index (Phi) is 12.0. The first-order chi connectivity index (χ1) is 26.9. The Morgan fingerprint density at radius 1 is 0.877 bits per heavy atom. The van der Waals surface area contributed by atoms with Crippen molar-refractivity contribution < 1.29 is 47.8 Å². The van der Waals surface area contributed by atoms with Gasteiger partial charge in [0.1, 0.15) is 24.3 Å². The lowest BCUT2D eigenvalue weighted by atomic mass is 9.75. The van der Waals surface area contributed by atoms with Crippen LogP contribution in [0.4, 0.5) is 0 Å². The van der Waals surface area contributed by atoms with E-state index in [1.54, 1.807) is 96.7 Å². The van der Waals surface area contributed by atoms with Crippen molar-refractivity contribution in [1.82, 2.24) is 5.32 Å². The number of aliphatic hydroxyl groups excluding tert-OH is 1. The Hall–Kier alpha value is -4.70. The number of hydrogen-bond donors (Lipinski definition) is 2. The number of nitrogens with one attached hydrogen (secondary N) is 1. The number of amides is 1. The molecule has 1 spiro atoms.